The van der Waals surface area contributed by atoms with Crippen LogP contribution in [-0.2, 0) is 0 Å². The van der Waals surface area contributed by atoms with Crippen molar-refractivity contribution >= 4 is 43.4 Å². The Hall–Kier alpha value is -2.93. The van der Waals surface area contributed by atoms with E-state index in [0.717, 1.165) is 11.0 Å². The maximum atomic E-state index is 4.96. The second-order valence-corrected chi connectivity index (χ2v) is 5.74. The van der Waals surface area contributed by atoms with Gasteiger partial charge < -0.3 is 0 Å². The third kappa shape index (κ3) is 1.63. The molecule has 1 nitrogen and oxygen atoms in total. The molecule has 0 saturated heterocycles. The summed E-state index contributed by atoms with van der Waals surface area (Å²) in [6.45, 7) is 0. The number of hydrogen-bond acceptors (Lipinski definition) is 1. The minimum absolute atomic E-state index is 1.06. The lowest BCUT2D eigenvalue weighted by Crippen LogP contribution is -1.85. The highest BCUT2D eigenvalue weighted by molar-refractivity contribution is 6.09. The molecule has 22 heavy (non-hydrogen) atoms. The molecule has 0 spiro atoms. The van der Waals surface area contributed by atoms with E-state index in [4.69, 9.17) is 4.98 Å². The van der Waals surface area contributed by atoms with Gasteiger partial charge >= 0.3 is 0 Å². The van der Waals surface area contributed by atoms with Gasteiger partial charge in [-0.1, -0.05) is 60.7 Å². The molecular formula is C21H13N. The molecule has 0 saturated carbocycles. The van der Waals surface area contributed by atoms with Gasteiger partial charge in [-0.2, -0.15) is 0 Å². The molecular weight excluding hydrogens is 266 g/mol. The molecule has 0 aliphatic rings. The SMILES string of the molecule is c1ccc2cc3nc4c(ccc5ccccc54)cc3cc2c1. The molecule has 0 unspecified atom stereocenters. The van der Waals surface area contributed by atoms with Crippen LogP contribution in [0.4, 0.5) is 0 Å². The van der Waals surface area contributed by atoms with Gasteiger partial charge in [0.05, 0.1) is 11.0 Å². The van der Waals surface area contributed by atoms with E-state index < -0.39 is 0 Å². The predicted octanol–water partition coefficient (Wildman–Crippen LogP) is 5.69. The highest BCUT2D eigenvalue weighted by Gasteiger charge is 2.05. The van der Waals surface area contributed by atoms with E-state index in [9.17, 15) is 0 Å². The van der Waals surface area contributed by atoms with Gasteiger partial charge in [-0.3, -0.25) is 0 Å². The zero-order valence-corrected chi connectivity index (χ0v) is 12.0. The van der Waals surface area contributed by atoms with Crippen LogP contribution in [0.1, 0.15) is 0 Å². The van der Waals surface area contributed by atoms with E-state index in [1.54, 1.807) is 0 Å². The normalized spacial score (nSPS) is 11.6. The Morgan fingerprint density at radius 1 is 0.500 bits per heavy atom. The predicted molar refractivity (Wildman–Crippen MR) is 94.3 cm³/mol. The molecule has 0 aliphatic heterocycles. The lowest BCUT2D eigenvalue weighted by molar-refractivity contribution is 1.53. The van der Waals surface area contributed by atoms with Crippen LogP contribution in [0.2, 0.25) is 0 Å². The molecule has 0 aliphatic carbocycles. The summed E-state index contributed by atoms with van der Waals surface area (Å²) in [7, 11) is 0. The number of pyridine rings is 1. The molecule has 1 heterocycles. The number of hydrogen-bond donors (Lipinski definition) is 0. The van der Waals surface area contributed by atoms with Gasteiger partial charge in [0.2, 0.25) is 0 Å². The fourth-order valence-electron chi connectivity index (χ4n) is 3.26. The maximum absolute atomic E-state index is 4.96. The number of aromatic nitrogens is 1. The molecule has 0 N–H and O–H groups in total. The van der Waals surface area contributed by atoms with E-state index in [0.29, 0.717) is 0 Å². The summed E-state index contributed by atoms with van der Waals surface area (Å²) in [6, 6.07) is 27.9. The van der Waals surface area contributed by atoms with Gasteiger partial charge in [0.25, 0.3) is 0 Å². The van der Waals surface area contributed by atoms with Gasteiger partial charge in [0, 0.05) is 16.2 Å². The van der Waals surface area contributed by atoms with Crippen molar-refractivity contribution in [2.24, 2.45) is 0 Å². The number of benzene rings is 4. The molecule has 1 heteroatoms. The smallest absolute Gasteiger partial charge is 0.0788 e. The van der Waals surface area contributed by atoms with Gasteiger partial charge in [-0.15, -0.1) is 0 Å². The summed E-state index contributed by atoms with van der Waals surface area (Å²) in [5.41, 5.74) is 2.14. The second kappa shape index (κ2) is 4.28. The Kier molecular flexibility index (Phi) is 2.28. The third-order valence-electron chi connectivity index (χ3n) is 4.37. The third-order valence-corrected chi connectivity index (χ3v) is 4.37. The first kappa shape index (κ1) is 11.7. The summed E-state index contributed by atoms with van der Waals surface area (Å²) in [5, 5.41) is 7.35. The minimum Gasteiger partial charge on any atom is -0.247 e. The number of nitrogens with zero attached hydrogens (tertiary/aromatic N) is 1. The molecule has 4 aromatic carbocycles. The van der Waals surface area contributed by atoms with E-state index in [1.165, 1.54) is 32.3 Å². The quantitative estimate of drug-likeness (QED) is 0.262. The lowest BCUT2D eigenvalue weighted by atomic mass is 10.0. The molecule has 102 valence electrons. The summed E-state index contributed by atoms with van der Waals surface area (Å²) in [4.78, 5) is 4.96. The zero-order chi connectivity index (χ0) is 14.5. The summed E-state index contributed by atoms with van der Waals surface area (Å²) in [6.07, 6.45) is 0. The van der Waals surface area contributed by atoms with E-state index in [2.05, 4.69) is 78.9 Å². The first-order valence-electron chi connectivity index (χ1n) is 7.49. The van der Waals surface area contributed by atoms with Crippen LogP contribution in [0.5, 0.6) is 0 Å². The molecule has 0 atom stereocenters. The Bertz CT molecular complexity index is 1170. The molecule has 5 aromatic rings. The van der Waals surface area contributed by atoms with Crippen molar-refractivity contribution in [3.63, 3.8) is 0 Å². The van der Waals surface area contributed by atoms with Crippen LogP contribution >= 0.6 is 0 Å². The summed E-state index contributed by atoms with van der Waals surface area (Å²) >= 11 is 0. The van der Waals surface area contributed by atoms with Crippen molar-refractivity contribution in [2.75, 3.05) is 0 Å². The minimum atomic E-state index is 1.06. The van der Waals surface area contributed by atoms with Crippen molar-refractivity contribution in [2.45, 2.75) is 0 Å². The molecule has 0 bridgehead atoms. The monoisotopic (exact) mass is 279 g/mol. The van der Waals surface area contributed by atoms with Crippen molar-refractivity contribution in [3.05, 3.63) is 78.9 Å². The maximum Gasteiger partial charge on any atom is 0.0788 e. The molecule has 0 amide bonds. The number of fused-ring (bicyclic) bond motifs is 5. The van der Waals surface area contributed by atoms with Crippen LogP contribution in [0.15, 0.2) is 78.9 Å². The van der Waals surface area contributed by atoms with Gasteiger partial charge in [-0.05, 0) is 34.4 Å². The second-order valence-electron chi connectivity index (χ2n) is 5.74. The number of rotatable bonds is 0. The Morgan fingerprint density at radius 2 is 1.14 bits per heavy atom. The van der Waals surface area contributed by atoms with Crippen LogP contribution in [-0.4, -0.2) is 4.98 Å². The van der Waals surface area contributed by atoms with Crippen LogP contribution in [0.25, 0.3) is 43.4 Å². The first-order valence-corrected chi connectivity index (χ1v) is 7.49. The average Bonchev–Trinajstić information content (AvgIpc) is 2.58. The van der Waals surface area contributed by atoms with E-state index in [-0.39, 0.29) is 0 Å². The van der Waals surface area contributed by atoms with Crippen LogP contribution < -0.4 is 0 Å². The van der Waals surface area contributed by atoms with Gasteiger partial charge in [-0.25, -0.2) is 4.98 Å². The van der Waals surface area contributed by atoms with Crippen LogP contribution in [0, 0.1) is 0 Å². The standard InChI is InChI=1S/C21H13N/c1-2-7-16-13-20-18(11-15(16)6-1)12-17-10-9-14-5-3-4-8-19(14)21(17)22-20/h1-13H. The van der Waals surface area contributed by atoms with E-state index >= 15 is 0 Å². The van der Waals surface area contributed by atoms with Crippen LogP contribution in [0.3, 0.4) is 0 Å². The summed E-state index contributed by atoms with van der Waals surface area (Å²) < 4.78 is 0. The molecule has 5 rings (SSSR count). The van der Waals surface area contributed by atoms with Gasteiger partial charge in [0.15, 0.2) is 0 Å². The Morgan fingerprint density at radius 3 is 2.00 bits per heavy atom. The summed E-state index contributed by atoms with van der Waals surface area (Å²) in [5.74, 6) is 0. The zero-order valence-electron chi connectivity index (χ0n) is 12.0. The molecule has 1 aromatic heterocycles. The highest BCUT2D eigenvalue weighted by Crippen LogP contribution is 2.29. The largest absolute Gasteiger partial charge is 0.247 e. The fourth-order valence-corrected chi connectivity index (χ4v) is 3.26. The highest BCUT2D eigenvalue weighted by atomic mass is 14.7. The average molecular weight is 279 g/mol. The van der Waals surface area contributed by atoms with Gasteiger partial charge in [0.1, 0.15) is 0 Å². The Balaban J connectivity index is 1.98. The molecule has 0 fully saturated rings. The first-order chi connectivity index (χ1) is 10.9. The van der Waals surface area contributed by atoms with E-state index in [1.807, 2.05) is 0 Å². The van der Waals surface area contributed by atoms with Crippen molar-refractivity contribution in [1.82, 2.24) is 4.98 Å². The molecule has 0 radical (unpaired) electrons. The van der Waals surface area contributed by atoms with Crippen molar-refractivity contribution in [1.29, 1.82) is 0 Å². The fraction of sp³-hybridized carbons (Fsp3) is 0. The van der Waals surface area contributed by atoms with Crippen molar-refractivity contribution < 1.29 is 0 Å². The Labute approximate surface area is 127 Å². The lowest BCUT2D eigenvalue weighted by Gasteiger charge is -2.07. The topological polar surface area (TPSA) is 12.9 Å². The van der Waals surface area contributed by atoms with Crippen molar-refractivity contribution in [3.8, 4) is 0 Å².